The zero-order valence-corrected chi connectivity index (χ0v) is 13.6. The first-order valence-electron chi connectivity index (χ1n) is 5.61. The summed E-state index contributed by atoms with van der Waals surface area (Å²) in [5.74, 6) is -0.0518. The van der Waals surface area contributed by atoms with E-state index in [0.717, 1.165) is 4.47 Å². The number of anilines is 1. The van der Waals surface area contributed by atoms with Crippen LogP contribution in [0.5, 0.6) is 5.75 Å². The van der Waals surface area contributed by atoms with Crippen molar-refractivity contribution in [1.82, 2.24) is 0 Å². The van der Waals surface area contributed by atoms with Crippen molar-refractivity contribution in [3.63, 3.8) is 0 Å². The monoisotopic (exact) mass is 401 g/mol. The molecule has 0 saturated heterocycles. The standard InChI is InChI=1S/C14H10Br2FNO2/c1-20-13-5-3-9(7-11(13)16)18-14(19)8-2-4-12(17)10(15)6-8/h2-7H,1H3,(H,18,19). The smallest absolute Gasteiger partial charge is 0.255 e. The van der Waals surface area contributed by atoms with Crippen molar-refractivity contribution < 1.29 is 13.9 Å². The lowest BCUT2D eigenvalue weighted by atomic mass is 10.2. The number of carbonyl (C=O) groups is 1. The maximum Gasteiger partial charge on any atom is 0.255 e. The van der Waals surface area contributed by atoms with Gasteiger partial charge in [0.1, 0.15) is 11.6 Å². The number of hydrogen-bond donors (Lipinski definition) is 1. The van der Waals surface area contributed by atoms with Gasteiger partial charge >= 0.3 is 0 Å². The molecule has 20 heavy (non-hydrogen) atoms. The summed E-state index contributed by atoms with van der Waals surface area (Å²) < 4.78 is 19.2. The molecule has 3 nitrogen and oxygen atoms in total. The van der Waals surface area contributed by atoms with E-state index in [0.29, 0.717) is 17.0 Å². The fourth-order valence-electron chi connectivity index (χ4n) is 1.58. The van der Waals surface area contributed by atoms with Gasteiger partial charge in [0.2, 0.25) is 0 Å². The number of carbonyl (C=O) groups excluding carboxylic acids is 1. The third-order valence-electron chi connectivity index (χ3n) is 2.59. The van der Waals surface area contributed by atoms with Crippen molar-refractivity contribution in [2.75, 3.05) is 12.4 Å². The highest BCUT2D eigenvalue weighted by Gasteiger charge is 2.10. The van der Waals surface area contributed by atoms with E-state index in [9.17, 15) is 9.18 Å². The summed E-state index contributed by atoms with van der Waals surface area (Å²) >= 11 is 6.39. The molecule has 0 fully saturated rings. The maximum absolute atomic E-state index is 13.1. The molecule has 2 aromatic carbocycles. The highest BCUT2D eigenvalue weighted by molar-refractivity contribution is 9.10. The van der Waals surface area contributed by atoms with Crippen LogP contribution < -0.4 is 10.1 Å². The number of ether oxygens (including phenoxy) is 1. The minimum atomic E-state index is -0.409. The van der Waals surface area contributed by atoms with Crippen molar-refractivity contribution in [3.8, 4) is 5.75 Å². The van der Waals surface area contributed by atoms with Crippen LogP contribution in [0.15, 0.2) is 45.3 Å². The van der Waals surface area contributed by atoms with Crippen molar-refractivity contribution in [2.24, 2.45) is 0 Å². The lowest BCUT2D eigenvalue weighted by molar-refractivity contribution is 0.102. The average molecular weight is 403 g/mol. The SMILES string of the molecule is COc1ccc(NC(=O)c2ccc(F)c(Br)c2)cc1Br. The van der Waals surface area contributed by atoms with Gasteiger partial charge in [0.25, 0.3) is 5.91 Å². The van der Waals surface area contributed by atoms with Crippen LogP contribution in [-0.4, -0.2) is 13.0 Å². The first kappa shape index (κ1) is 15.0. The molecular formula is C14H10Br2FNO2. The van der Waals surface area contributed by atoms with E-state index in [-0.39, 0.29) is 10.4 Å². The maximum atomic E-state index is 13.1. The molecule has 0 unspecified atom stereocenters. The minimum absolute atomic E-state index is 0.251. The van der Waals surface area contributed by atoms with Gasteiger partial charge in [-0.05, 0) is 68.3 Å². The van der Waals surface area contributed by atoms with Crippen molar-refractivity contribution in [1.29, 1.82) is 0 Å². The Kier molecular flexibility index (Phi) is 4.77. The van der Waals surface area contributed by atoms with Crippen molar-refractivity contribution in [3.05, 3.63) is 56.7 Å². The van der Waals surface area contributed by atoms with Crippen LogP contribution >= 0.6 is 31.9 Å². The Labute approximate surface area is 132 Å². The molecule has 0 aliphatic carbocycles. The van der Waals surface area contributed by atoms with Crippen LogP contribution in [-0.2, 0) is 0 Å². The fourth-order valence-corrected chi connectivity index (χ4v) is 2.50. The van der Waals surface area contributed by atoms with Gasteiger partial charge in [0.05, 0.1) is 16.1 Å². The highest BCUT2D eigenvalue weighted by Crippen LogP contribution is 2.28. The first-order chi connectivity index (χ1) is 9.51. The predicted molar refractivity (Wildman–Crippen MR) is 82.7 cm³/mol. The summed E-state index contributed by atoms with van der Waals surface area (Å²) in [6.07, 6.45) is 0. The van der Waals surface area contributed by atoms with Gasteiger partial charge in [-0.25, -0.2) is 4.39 Å². The molecule has 0 aliphatic heterocycles. The highest BCUT2D eigenvalue weighted by atomic mass is 79.9. The van der Waals surface area contributed by atoms with Crippen LogP contribution in [0, 0.1) is 5.82 Å². The molecule has 0 aliphatic rings. The molecule has 0 aromatic heterocycles. The molecule has 1 N–H and O–H groups in total. The van der Waals surface area contributed by atoms with Gasteiger partial charge in [-0.15, -0.1) is 0 Å². The summed E-state index contributed by atoms with van der Waals surface area (Å²) in [5.41, 5.74) is 0.980. The van der Waals surface area contributed by atoms with Gasteiger partial charge < -0.3 is 10.1 Å². The molecular weight excluding hydrogens is 393 g/mol. The lowest BCUT2D eigenvalue weighted by Crippen LogP contribution is -2.12. The topological polar surface area (TPSA) is 38.3 Å². The van der Waals surface area contributed by atoms with Crippen LogP contribution in [0.1, 0.15) is 10.4 Å². The second-order valence-corrected chi connectivity index (χ2v) is 5.64. The van der Waals surface area contributed by atoms with E-state index in [4.69, 9.17) is 4.74 Å². The molecule has 1 amide bonds. The largest absolute Gasteiger partial charge is 0.496 e. The van der Waals surface area contributed by atoms with Crippen molar-refractivity contribution >= 4 is 43.5 Å². The molecule has 0 saturated carbocycles. The Bertz CT molecular complexity index is 662. The Balaban J connectivity index is 2.19. The number of benzene rings is 2. The van der Waals surface area contributed by atoms with Crippen LogP contribution in [0.3, 0.4) is 0 Å². The lowest BCUT2D eigenvalue weighted by Gasteiger charge is -2.08. The van der Waals surface area contributed by atoms with Gasteiger partial charge in [0, 0.05) is 11.3 Å². The summed E-state index contributed by atoms with van der Waals surface area (Å²) in [6.45, 7) is 0. The number of halogens is 3. The Morgan fingerprint density at radius 2 is 1.90 bits per heavy atom. The number of hydrogen-bond acceptors (Lipinski definition) is 2. The molecule has 2 aromatic rings. The zero-order chi connectivity index (χ0) is 14.7. The predicted octanol–water partition coefficient (Wildman–Crippen LogP) is 4.61. The molecule has 2 rings (SSSR count). The van der Waals surface area contributed by atoms with E-state index in [1.807, 2.05) is 0 Å². The third-order valence-corrected chi connectivity index (χ3v) is 3.82. The first-order valence-corrected chi connectivity index (χ1v) is 7.20. The molecule has 0 bridgehead atoms. The van der Waals surface area contributed by atoms with Crippen LogP contribution in [0.4, 0.5) is 10.1 Å². The second-order valence-electron chi connectivity index (χ2n) is 3.93. The fraction of sp³-hybridized carbons (Fsp3) is 0.0714. The second kappa shape index (κ2) is 6.37. The number of rotatable bonds is 3. The summed E-state index contributed by atoms with van der Waals surface area (Å²) in [4.78, 5) is 12.0. The average Bonchev–Trinajstić information content (AvgIpc) is 2.42. The zero-order valence-electron chi connectivity index (χ0n) is 10.4. The van der Waals surface area contributed by atoms with E-state index in [1.54, 1.807) is 25.3 Å². The molecule has 0 heterocycles. The van der Waals surface area contributed by atoms with Crippen molar-refractivity contribution in [2.45, 2.75) is 0 Å². The number of methoxy groups -OCH3 is 1. The minimum Gasteiger partial charge on any atom is -0.496 e. The number of nitrogens with one attached hydrogen (secondary N) is 1. The van der Waals surface area contributed by atoms with E-state index < -0.39 is 5.82 Å². The van der Waals surface area contributed by atoms with Gasteiger partial charge in [-0.3, -0.25) is 4.79 Å². The Morgan fingerprint density at radius 1 is 1.15 bits per heavy atom. The quantitative estimate of drug-likeness (QED) is 0.813. The third kappa shape index (κ3) is 3.37. The molecule has 0 radical (unpaired) electrons. The summed E-state index contributed by atoms with van der Waals surface area (Å²) in [6, 6.07) is 9.29. The van der Waals surface area contributed by atoms with E-state index in [1.165, 1.54) is 18.2 Å². The molecule has 0 atom stereocenters. The molecule has 6 heteroatoms. The Morgan fingerprint density at radius 3 is 2.50 bits per heavy atom. The van der Waals surface area contributed by atoms with Crippen LogP contribution in [0.2, 0.25) is 0 Å². The van der Waals surface area contributed by atoms with Crippen LogP contribution in [0.25, 0.3) is 0 Å². The van der Waals surface area contributed by atoms with Gasteiger partial charge in [0.15, 0.2) is 0 Å². The van der Waals surface area contributed by atoms with Gasteiger partial charge in [-0.1, -0.05) is 0 Å². The number of amides is 1. The molecule has 104 valence electrons. The molecule has 0 spiro atoms. The summed E-state index contributed by atoms with van der Waals surface area (Å²) in [5, 5.41) is 2.73. The van der Waals surface area contributed by atoms with E-state index >= 15 is 0 Å². The van der Waals surface area contributed by atoms with Gasteiger partial charge in [-0.2, -0.15) is 0 Å². The Hall–Kier alpha value is -1.40. The van der Waals surface area contributed by atoms with E-state index in [2.05, 4.69) is 37.2 Å². The normalized spacial score (nSPS) is 10.2. The summed E-state index contributed by atoms with van der Waals surface area (Å²) in [7, 11) is 1.56.